The molecule has 1 aliphatic rings. The predicted octanol–water partition coefficient (Wildman–Crippen LogP) is 2.99. The lowest BCUT2D eigenvalue weighted by Crippen LogP contribution is -2.39. The van der Waals surface area contributed by atoms with E-state index in [1.54, 1.807) is 0 Å². The molecule has 3 heteroatoms. The number of hydrogen-bond donors (Lipinski definition) is 2. The molecule has 1 fully saturated rings. The molecule has 3 N–H and O–H groups in total. The lowest BCUT2D eigenvalue weighted by atomic mass is 9.99. The molecule has 3 nitrogen and oxygen atoms in total. The Labute approximate surface area is 106 Å². The van der Waals surface area contributed by atoms with Crippen LogP contribution in [0.3, 0.4) is 0 Å². The zero-order valence-corrected chi connectivity index (χ0v) is 11.8. The lowest BCUT2D eigenvalue weighted by molar-refractivity contribution is 0.163. The van der Waals surface area contributed by atoms with E-state index >= 15 is 0 Å². The summed E-state index contributed by atoms with van der Waals surface area (Å²) in [7, 11) is 0. The van der Waals surface area contributed by atoms with Gasteiger partial charge in [0.05, 0.1) is 5.84 Å². The van der Waals surface area contributed by atoms with Gasteiger partial charge in [-0.3, -0.25) is 5.41 Å². The standard InChI is InChI=1S/C14H29N3/c1-4-6-9-17(12(3)5-2)11-14(7-8-14)10-13(15)16/h12H,4-11H2,1-3H3,(H3,15,16). The Balaban J connectivity index is 2.50. The van der Waals surface area contributed by atoms with Crippen LogP contribution in [0.25, 0.3) is 0 Å². The van der Waals surface area contributed by atoms with E-state index in [1.807, 2.05) is 0 Å². The molecule has 1 atom stereocenters. The van der Waals surface area contributed by atoms with Gasteiger partial charge in [-0.05, 0) is 44.6 Å². The Morgan fingerprint density at radius 1 is 1.41 bits per heavy atom. The molecule has 0 aromatic carbocycles. The molecule has 0 amide bonds. The van der Waals surface area contributed by atoms with Crippen molar-refractivity contribution in [1.29, 1.82) is 5.41 Å². The summed E-state index contributed by atoms with van der Waals surface area (Å²) in [4.78, 5) is 2.61. The maximum atomic E-state index is 7.48. The Bertz CT molecular complexity index is 246. The second kappa shape index (κ2) is 6.39. The largest absolute Gasteiger partial charge is 0.388 e. The molecule has 0 aliphatic heterocycles. The van der Waals surface area contributed by atoms with Crippen LogP contribution in [-0.4, -0.2) is 29.9 Å². The fourth-order valence-corrected chi connectivity index (χ4v) is 2.48. The highest BCUT2D eigenvalue weighted by Crippen LogP contribution is 2.49. The van der Waals surface area contributed by atoms with Gasteiger partial charge in [-0.15, -0.1) is 0 Å². The molecule has 17 heavy (non-hydrogen) atoms. The molecule has 1 rings (SSSR count). The average molecular weight is 239 g/mol. The van der Waals surface area contributed by atoms with E-state index in [9.17, 15) is 0 Å². The summed E-state index contributed by atoms with van der Waals surface area (Å²) in [5.74, 6) is 0.363. The van der Waals surface area contributed by atoms with Gasteiger partial charge in [0.15, 0.2) is 0 Å². The van der Waals surface area contributed by atoms with Crippen molar-refractivity contribution in [3.8, 4) is 0 Å². The van der Waals surface area contributed by atoms with Crippen LogP contribution in [0.4, 0.5) is 0 Å². The number of hydrogen-bond acceptors (Lipinski definition) is 2. The van der Waals surface area contributed by atoms with Crippen molar-refractivity contribution in [3.63, 3.8) is 0 Å². The molecule has 0 aromatic heterocycles. The molecule has 1 aliphatic carbocycles. The van der Waals surface area contributed by atoms with Gasteiger partial charge in [-0.2, -0.15) is 0 Å². The Hall–Kier alpha value is -0.570. The highest BCUT2D eigenvalue weighted by atomic mass is 15.2. The Morgan fingerprint density at radius 2 is 2.06 bits per heavy atom. The van der Waals surface area contributed by atoms with Gasteiger partial charge < -0.3 is 10.6 Å². The van der Waals surface area contributed by atoms with E-state index in [0.717, 1.165) is 13.0 Å². The van der Waals surface area contributed by atoms with Gasteiger partial charge in [-0.1, -0.05) is 20.3 Å². The Kier molecular flexibility index (Phi) is 5.44. The number of unbranched alkanes of at least 4 members (excludes halogenated alkanes) is 1. The molecular weight excluding hydrogens is 210 g/mol. The van der Waals surface area contributed by atoms with Gasteiger partial charge in [0.2, 0.25) is 0 Å². The summed E-state index contributed by atoms with van der Waals surface area (Å²) in [5, 5.41) is 7.48. The van der Waals surface area contributed by atoms with E-state index in [4.69, 9.17) is 11.1 Å². The van der Waals surface area contributed by atoms with Crippen molar-refractivity contribution in [1.82, 2.24) is 4.90 Å². The van der Waals surface area contributed by atoms with Crippen LogP contribution < -0.4 is 5.73 Å². The summed E-state index contributed by atoms with van der Waals surface area (Å²) < 4.78 is 0. The van der Waals surface area contributed by atoms with E-state index in [1.165, 1.54) is 38.6 Å². The quantitative estimate of drug-likeness (QED) is 0.480. The highest BCUT2D eigenvalue weighted by Gasteiger charge is 2.44. The zero-order chi connectivity index (χ0) is 12.9. The van der Waals surface area contributed by atoms with Gasteiger partial charge >= 0.3 is 0 Å². The van der Waals surface area contributed by atoms with Crippen molar-refractivity contribution < 1.29 is 0 Å². The van der Waals surface area contributed by atoms with Crippen LogP contribution in [0.15, 0.2) is 0 Å². The minimum atomic E-state index is 0.350. The van der Waals surface area contributed by atoms with Crippen LogP contribution in [0, 0.1) is 10.8 Å². The maximum Gasteiger partial charge on any atom is 0.0911 e. The third-order valence-electron chi connectivity index (χ3n) is 4.07. The molecule has 0 radical (unpaired) electrons. The third kappa shape index (κ3) is 4.66. The molecule has 0 spiro atoms. The SMILES string of the molecule is CCCCN(CC1(CC(=N)N)CC1)C(C)CC. The lowest BCUT2D eigenvalue weighted by Gasteiger charge is -2.32. The summed E-state index contributed by atoms with van der Waals surface area (Å²) in [6.07, 6.45) is 7.05. The number of rotatable bonds is 9. The minimum Gasteiger partial charge on any atom is -0.388 e. The van der Waals surface area contributed by atoms with Crippen LogP contribution in [0.5, 0.6) is 0 Å². The Morgan fingerprint density at radius 3 is 2.47 bits per heavy atom. The van der Waals surface area contributed by atoms with Gasteiger partial charge in [0.1, 0.15) is 0 Å². The number of nitrogens with one attached hydrogen (secondary N) is 1. The topological polar surface area (TPSA) is 53.1 Å². The maximum absolute atomic E-state index is 7.48. The fraction of sp³-hybridized carbons (Fsp3) is 0.929. The first-order chi connectivity index (χ1) is 8.03. The summed E-state index contributed by atoms with van der Waals surface area (Å²) >= 11 is 0. The van der Waals surface area contributed by atoms with E-state index in [-0.39, 0.29) is 0 Å². The second-order valence-corrected chi connectivity index (χ2v) is 5.78. The first kappa shape index (κ1) is 14.5. The van der Waals surface area contributed by atoms with E-state index < -0.39 is 0 Å². The minimum absolute atomic E-state index is 0.350. The van der Waals surface area contributed by atoms with Crippen LogP contribution in [0.1, 0.15) is 59.3 Å². The number of nitrogens with zero attached hydrogens (tertiary/aromatic N) is 1. The second-order valence-electron chi connectivity index (χ2n) is 5.78. The highest BCUT2D eigenvalue weighted by molar-refractivity contribution is 5.78. The summed E-state index contributed by atoms with van der Waals surface area (Å²) in [6.45, 7) is 9.16. The van der Waals surface area contributed by atoms with Crippen LogP contribution >= 0.6 is 0 Å². The average Bonchev–Trinajstić information content (AvgIpc) is 3.02. The smallest absolute Gasteiger partial charge is 0.0911 e. The predicted molar refractivity (Wildman–Crippen MR) is 74.4 cm³/mol. The molecular formula is C14H29N3. The fourth-order valence-electron chi connectivity index (χ4n) is 2.48. The number of nitrogens with two attached hydrogens (primary N) is 1. The van der Waals surface area contributed by atoms with Gasteiger partial charge in [0.25, 0.3) is 0 Å². The van der Waals surface area contributed by atoms with Crippen molar-refractivity contribution in [3.05, 3.63) is 0 Å². The van der Waals surface area contributed by atoms with E-state index in [2.05, 4.69) is 25.7 Å². The monoisotopic (exact) mass is 239 g/mol. The molecule has 1 unspecified atom stereocenters. The van der Waals surface area contributed by atoms with Crippen molar-refractivity contribution in [2.75, 3.05) is 13.1 Å². The normalized spacial score (nSPS) is 19.3. The molecule has 0 heterocycles. The zero-order valence-electron chi connectivity index (χ0n) is 11.8. The van der Waals surface area contributed by atoms with Gasteiger partial charge in [0, 0.05) is 19.0 Å². The van der Waals surface area contributed by atoms with Crippen LogP contribution in [-0.2, 0) is 0 Å². The summed E-state index contributed by atoms with van der Waals surface area (Å²) in [5.41, 5.74) is 5.92. The third-order valence-corrected chi connectivity index (χ3v) is 4.07. The van der Waals surface area contributed by atoms with Crippen molar-refractivity contribution in [2.24, 2.45) is 11.1 Å². The molecule has 0 bridgehead atoms. The van der Waals surface area contributed by atoms with E-state index in [0.29, 0.717) is 17.3 Å². The van der Waals surface area contributed by atoms with Crippen molar-refractivity contribution in [2.45, 2.75) is 65.3 Å². The first-order valence-electron chi connectivity index (χ1n) is 7.10. The van der Waals surface area contributed by atoms with Gasteiger partial charge in [-0.25, -0.2) is 0 Å². The van der Waals surface area contributed by atoms with Crippen molar-refractivity contribution >= 4 is 5.84 Å². The molecule has 0 aromatic rings. The number of amidine groups is 1. The molecule has 1 saturated carbocycles. The molecule has 0 saturated heterocycles. The van der Waals surface area contributed by atoms with Crippen LogP contribution in [0.2, 0.25) is 0 Å². The first-order valence-corrected chi connectivity index (χ1v) is 7.10. The summed E-state index contributed by atoms with van der Waals surface area (Å²) in [6, 6.07) is 0.658. The molecule has 100 valence electrons.